The van der Waals surface area contributed by atoms with Crippen LogP contribution >= 0.6 is 11.3 Å². The standard InChI is InChI=1S/C32H37FN6O2S/c1-6-21(8-7-9-26-36-31(41-38-26)32(3,4)5)19-39(28(40)13-10-20(2)33)27-17-23(14-15-34-27)24-16-25-29(35-18-24)37-30(42-25)22-11-12-22/h6,14-18,21-22H,1-2,7-13,19H2,3-5H3. The van der Waals surface area contributed by atoms with Gasteiger partial charge in [0.05, 0.1) is 15.5 Å². The number of rotatable bonds is 13. The number of thiazole rings is 1. The Labute approximate surface area is 249 Å². The van der Waals surface area contributed by atoms with E-state index in [2.05, 4.69) is 39.3 Å². The SMILES string of the molecule is C=CC(CCCc1noc(C(C)(C)C)n1)CN(C(=O)CCC(=C)F)c1cc(-c2cnc3nc(C4CC4)sc3c2)ccn1. The van der Waals surface area contributed by atoms with Gasteiger partial charge in [-0.2, -0.15) is 4.98 Å². The number of hydrogen-bond donors (Lipinski definition) is 0. The summed E-state index contributed by atoms with van der Waals surface area (Å²) in [6.45, 7) is 13.8. The number of carbonyl (C=O) groups excluding carboxylic acids is 1. The molecule has 4 aromatic heterocycles. The zero-order valence-corrected chi connectivity index (χ0v) is 25.3. The van der Waals surface area contributed by atoms with Gasteiger partial charge in [-0.1, -0.05) is 38.6 Å². The molecule has 0 aromatic carbocycles. The smallest absolute Gasteiger partial charge is 0.232 e. The van der Waals surface area contributed by atoms with Gasteiger partial charge in [0.15, 0.2) is 11.5 Å². The maximum Gasteiger partial charge on any atom is 0.232 e. The van der Waals surface area contributed by atoms with E-state index in [1.807, 2.05) is 45.2 Å². The van der Waals surface area contributed by atoms with Crippen molar-refractivity contribution in [3.63, 3.8) is 0 Å². The van der Waals surface area contributed by atoms with Gasteiger partial charge < -0.3 is 4.52 Å². The number of hydrogen-bond acceptors (Lipinski definition) is 8. The lowest BCUT2D eigenvalue weighted by molar-refractivity contribution is -0.118. The van der Waals surface area contributed by atoms with Crippen molar-refractivity contribution in [3.05, 3.63) is 72.4 Å². The number of carbonyl (C=O) groups is 1. The molecule has 1 fully saturated rings. The van der Waals surface area contributed by atoms with Gasteiger partial charge in [-0.15, -0.1) is 17.9 Å². The number of aromatic nitrogens is 5. The molecule has 0 N–H and O–H groups in total. The highest BCUT2D eigenvalue weighted by Crippen LogP contribution is 2.43. The number of amides is 1. The van der Waals surface area contributed by atoms with E-state index in [4.69, 9.17) is 9.51 Å². The molecule has 1 aliphatic rings. The summed E-state index contributed by atoms with van der Waals surface area (Å²) in [6.07, 6.45) is 9.93. The van der Waals surface area contributed by atoms with Crippen LogP contribution in [0, 0.1) is 5.92 Å². The molecule has 0 bridgehead atoms. The Kier molecular flexibility index (Phi) is 8.91. The number of fused-ring (bicyclic) bond motifs is 1. The molecule has 0 saturated heterocycles. The monoisotopic (exact) mass is 588 g/mol. The summed E-state index contributed by atoms with van der Waals surface area (Å²) in [4.78, 5) is 33.4. The van der Waals surface area contributed by atoms with Crippen LogP contribution in [-0.2, 0) is 16.6 Å². The van der Waals surface area contributed by atoms with Crippen molar-refractivity contribution in [2.24, 2.45) is 5.92 Å². The van der Waals surface area contributed by atoms with Gasteiger partial charge in [-0.25, -0.2) is 19.3 Å². The molecule has 1 atom stereocenters. The summed E-state index contributed by atoms with van der Waals surface area (Å²) in [7, 11) is 0. The highest BCUT2D eigenvalue weighted by molar-refractivity contribution is 7.18. The van der Waals surface area contributed by atoms with Gasteiger partial charge in [0.1, 0.15) is 5.82 Å². The summed E-state index contributed by atoms with van der Waals surface area (Å²) in [5, 5.41) is 5.27. The fourth-order valence-electron chi connectivity index (χ4n) is 4.65. The van der Waals surface area contributed by atoms with Gasteiger partial charge in [0, 0.05) is 55.1 Å². The van der Waals surface area contributed by atoms with Crippen molar-refractivity contribution in [1.29, 1.82) is 0 Å². The Hall–Kier alpha value is -3.79. The van der Waals surface area contributed by atoms with Crippen molar-refractivity contribution < 1.29 is 13.7 Å². The minimum absolute atomic E-state index is 0.00185. The Bertz CT molecular complexity index is 1590. The van der Waals surface area contributed by atoms with Gasteiger partial charge >= 0.3 is 0 Å². The molecule has 4 aromatic rings. The number of pyridine rings is 2. The second kappa shape index (κ2) is 12.6. The zero-order chi connectivity index (χ0) is 29.9. The third-order valence-corrected chi connectivity index (χ3v) is 8.45. The Morgan fingerprint density at radius 3 is 2.71 bits per heavy atom. The first kappa shape index (κ1) is 29.7. The second-order valence-corrected chi connectivity index (χ2v) is 13.0. The van der Waals surface area contributed by atoms with Crippen molar-refractivity contribution in [2.75, 3.05) is 11.4 Å². The lowest BCUT2D eigenvalue weighted by atomic mass is 9.97. The highest BCUT2D eigenvalue weighted by Gasteiger charge is 2.27. The number of halogens is 1. The van der Waals surface area contributed by atoms with Crippen molar-refractivity contribution >= 4 is 33.4 Å². The van der Waals surface area contributed by atoms with Crippen LogP contribution in [0.5, 0.6) is 0 Å². The zero-order valence-electron chi connectivity index (χ0n) is 24.5. The lowest BCUT2D eigenvalue weighted by Crippen LogP contribution is -2.35. The molecule has 1 saturated carbocycles. The third-order valence-electron chi connectivity index (χ3n) is 7.29. The van der Waals surface area contributed by atoms with E-state index < -0.39 is 5.83 Å². The quantitative estimate of drug-likeness (QED) is 0.147. The van der Waals surface area contributed by atoms with E-state index in [0.717, 1.165) is 39.3 Å². The van der Waals surface area contributed by atoms with E-state index in [-0.39, 0.29) is 30.1 Å². The van der Waals surface area contributed by atoms with Crippen LogP contribution in [-0.4, -0.2) is 37.5 Å². The first-order valence-corrected chi connectivity index (χ1v) is 15.2. The topological polar surface area (TPSA) is 97.9 Å². The number of aryl methyl sites for hydroxylation is 1. The van der Waals surface area contributed by atoms with Gasteiger partial charge in [-0.05, 0) is 55.4 Å². The molecular formula is C32H37FN6O2S. The minimum atomic E-state index is -0.519. The lowest BCUT2D eigenvalue weighted by Gasteiger charge is -2.26. The predicted molar refractivity (Wildman–Crippen MR) is 164 cm³/mol. The van der Waals surface area contributed by atoms with E-state index in [0.29, 0.717) is 36.4 Å². The van der Waals surface area contributed by atoms with Crippen LogP contribution in [0.15, 0.2) is 60.2 Å². The molecule has 1 unspecified atom stereocenters. The molecule has 1 aliphatic carbocycles. The largest absolute Gasteiger partial charge is 0.339 e. The normalized spacial score (nSPS) is 14.2. The summed E-state index contributed by atoms with van der Waals surface area (Å²) >= 11 is 1.70. The van der Waals surface area contributed by atoms with E-state index >= 15 is 0 Å². The van der Waals surface area contributed by atoms with Crippen LogP contribution in [0.4, 0.5) is 10.2 Å². The van der Waals surface area contributed by atoms with Crippen molar-refractivity contribution in [3.8, 4) is 11.1 Å². The van der Waals surface area contributed by atoms with Crippen LogP contribution in [0.1, 0.15) is 81.9 Å². The molecule has 0 aliphatic heterocycles. The highest BCUT2D eigenvalue weighted by atomic mass is 32.1. The molecule has 1 amide bonds. The van der Waals surface area contributed by atoms with Gasteiger partial charge in [-0.3, -0.25) is 9.69 Å². The molecule has 0 radical (unpaired) electrons. The Morgan fingerprint density at radius 1 is 1.21 bits per heavy atom. The van der Waals surface area contributed by atoms with Gasteiger partial charge in [0.2, 0.25) is 11.8 Å². The summed E-state index contributed by atoms with van der Waals surface area (Å²) in [5.41, 5.74) is 2.39. The summed E-state index contributed by atoms with van der Waals surface area (Å²) in [5.74, 6) is 1.61. The molecule has 0 spiro atoms. The summed E-state index contributed by atoms with van der Waals surface area (Å²) < 4.78 is 20.0. The van der Waals surface area contributed by atoms with Crippen molar-refractivity contribution in [2.45, 2.75) is 77.0 Å². The van der Waals surface area contributed by atoms with Crippen LogP contribution in [0.25, 0.3) is 21.5 Å². The Balaban J connectivity index is 1.32. The number of allylic oxidation sites excluding steroid dienone is 1. The molecule has 42 heavy (non-hydrogen) atoms. The molecular weight excluding hydrogens is 551 g/mol. The number of nitrogens with zero attached hydrogens (tertiary/aromatic N) is 6. The maximum atomic E-state index is 13.5. The molecule has 4 heterocycles. The summed E-state index contributed by atoms with van der Waals surface area (Å²) in [6, 6.07) is 5.89. The molecule has 5 rings (SSSR count). The van der Waals surface area contributed by atoms with Crippen LogP contribution in [0.3, 0.4) is 0 Å². The Morgan fingerprint density at radius 2 is 2.02 bits per heavy atom. The molecule has 8 nitrogen and oxygen atoms in total. The first-order chi connectivity index (χ1) is 20.1. The van der Waals surface area contributed by atoms with Crippen molar-refractivity contribution in [1.82, 2.24) is 25.1 Å². The average Bonchev–Trinajstić information content (AvgIpc) is 3.54. The van der Waals surface area contributed by atoms with Crippen LogP contribution < -0.4 is 4.90 Å². The van der Waals surface area contributed by atoms with Gasteiger partial charge in [0.25, 0.3) is 0 Å². The predicted octanol–water partition coefficient (Wildman–Crippen LogP) is 7.73. The third kappa shape index (κ3) is 7.34. The second-order valence-electron chi connectivity index (χ2n) is 12.0. The minimum Gasteiger partial charge on any atom is -0.339 e. The molecule has 10 heteroatoms. The average molecular weight is 589 g/mol. The van der Waals surface area contributed by atoms with E-state index in [9.17, 15) is 9.18 Å². The van der Waals surface area contributed by atoms with Crippen LogP contribution in [0.2, 0.25) is 0 Å². The van der Waals surface area contributed by atoms with E-state index in [1.54, 1.807) is 22.4 Å². The number of anilines is 1. The fraction of sp³-hybridized carbons (Fsp3) is 0.438. The molecule has 220 valence electrons. The maximum absolute atomic E-state index is 13.5. The van der Waals surface area contributed by atoms with E-state index in [1.165, 1.54) is 12.8 Å². The first-order valence-electron chi connectivity index (χ1n) is 14.4. The fourth-order valence-corrected chi connectivity index (χ4v) is 5.78.